The van der Waals surface area contributed by atoms with Crippen LogP contribution in [0.4, 0.5) is 5.69 Å². The minimum Gasteiger partial charge on any atom is -0.496 e. The second kappa shape index (κ2) is 7.78. The molecule has 3 rings (SSSR count). The highest BCUT2D eigenvalue weighted by molar-refractivity contribution is 7.93. The molecule has 0 atom stereocenters. The molecule has 0 unspecified atom stereocenters. The van der Waals surface area contributed by atoms with Gasteiger partial charge in [0.05, 0.1) is 28.1 Å². The molecular formula is C19H21Cl2NO4S. The normalized spacial score (nSPS) is 14.3. The van der Waals surface area contributed by atoms with Crippen LogP contribution >= 0.6 is 23.2 Å². The van der Waals surface area contributed by atoms with Crippen molar-refractivity contribution in [3.8, 4) is 17.2 Å². The van der Waals surface area contributed by atoms with Crippen LogP contribution in [0.1, 0.15) is 38.2 Å². The Labute approximate surface area is 169 Å². The van der Waals surface area contributed by atoms with Gasteiger partial charge >= 0.3 is 0 Å². The lowest BCUT2D eigenvalue weighted by atomic mass is 10.0. The topological polar surface area (TPSA) is 64.6 Å². The molecule has 0 aromatic heterocycles. The van der Waals surface area contributed by atoms with Gasteiger partial charge in [-0.05, 0) is 49.1 Å². The Bertz CT molecular complexity index is 933. The van der Waals surface area contributed by atoms with Gasteiger partial charge in [0.25, 0.3) is 0 Å². The van der Waals surface area contributed by atoms with E-state index in [2.05, 4.69) is 18.6 Å². The smallest absolute Gasteiger partial charge is 0.235 e. The molecule has 0 amide bonds. The maximum absolute atomic E-state index is 12.1. The third-order valence-electron chi connectivity index (χ3n) is 4.26. The van der Waals surface area contributed by atoms with Gasteiger partial charge < -0.3 is 9.47 Å². The highest BCUT2D eigenvalue weighted by Crippen LogP contribution is 2.41. The lowest BCUT2D eigenvalue weighted by Gasteiger charge is -2.16. The van der Waals surface area contributed by atoms with Gasteiger partial charge in [-0.1, -0.05) is 37.0 Å². The highest BCUT2D eigenvalue weighted by atomic mass is 35.5. The molecule has 0 spiro atoms. The van der Waals surface area contributed by atoms with Crippen molar-refractivity contribution in [1.29, 1.82) is 0 Å². The third-order valence-corrected chi connectivity index (χ3v) is 6.70. The molecule has 0 aliphatic heterocycles. The summed E-state index contributed by atoms with van der Waals surface area (Å²) >= 11 is 12.6. The molecule has 1 fully saturated rings. The minimum atomic E-state index is -3.39. The first-order valence-corrected chi connectivity index (χ1v) is 10.9. The Balaban J connectivity index is 1.86. The van der Waals surface area contributed by atoms with Crippen molar-refractivity contribution < 1.29 is 17.9 Å². The average molecular weight is 430 g/mol. The zero-order valence-corrected chi connectivity index (χ0v) is 17.6. The van der Waals surface area contributed by atoms with Crippen LogP contribution in [0, 0.1) is 0 Å². The fourth-order valence-electron chi connectivity index (χ4n) is 2.69. The van der Waals surface area contributed by atoms with Gasteiger partial charge in [0.2, 0.25) is 10.0 Å². The van der Waals surface area contributed by atoms with E-state index >= 15 is 0 Å². The first-order valence-electron chi connectivity index (χ1n) is 8.57. The summed E-state index contributed by atoms with van der Waals surface area (Å²) in [5, 5.41) is 0.107. The number of ether oxygens (including phenoxy) is 2. The molecule has 0 heterocycles. The Morgan fingerprint density at radius 3 is 2.26 bits per heavy atom. The summed E-state index contributed by atoms with van der Waals surface area (Å²) in [6.45, 7) is 4.12. The van der Waals surface area contributed by atoms with Crippen LogP contribution < -0.4 is 14.2 Å². The molecule has 1 aliphatic rings. The average Bonchev–Trinajstić information content (AvgIpc) is 3.43. The molecule has 5 nitrogen and oxygen atoms in total. The van der Waals surface area contributed by atoms with Crippen LogP contribution in [0.2, 0.25) is 10.0 Å². The molecule has 8 heteroatoms. The molecule has 0 saturated heterocycles. The van der Waals surface area contributed by atoms with Crippen molar-refractivity contribution >= 4 is 38.9 Å². The van der Waals surface area contributed by atoms with Gasteiger partial charge in [-0.2, -0.15) is 0 Å². The number of methoxy groups -OCH3 is 1. The summed E-state index contributed by atoms with van der Waals surface area (Å²) in [4.78, 5) is 0. The van der Waals surface area contributed by atoms with Crippen LogP contribution in [-0.2, 0) is 10.0 Å². The second-order valence-electron chi connectivity index (χ2n) is 6.78. The molecule has 1 N–H and O–H groups in total. The maximum Gasteiger partial charge on any atom is 0.235 e. The van der Waals surface area contributed by atoms with Gasteiger partial charge in [0.15, 0.2) is 5.75 Å². The maximum atomic E-state index is 12.1. The SMILES string of the molecule is COc1ccc(Oc2c(Cl)cc(NS(=O)(=O)C3CC3)cc2Cl)cc1C(C)C. The van der Waals surface area contributed by atoms with Gasteiger partial charge in [0, 0.05) is 5.56 Å². The van der Waals surface area contributed by atoms with Crippen LogP contribution in [0.5, 0.6) is 17.2 Å². The van der Waals surface area contributed by atoms with E-state index in [0.717, 1.165) is 11.3 Å². The third kappa shape index (κ3) is 4.62. The number of sulfonamides is 1. The van der Waals surface area contributed by atoms with Crippen molar-refractivity contribution in [1.82, 2.24) is 0 Å². The van der Waals surface area contributed by atoms with Crippen molar-refractivity contribution in [2.24, 2.45) is 0 Å². The van der Waals surface area contributed by atoms with Crippen LogP contribution in [0.15, 0.2) is 30.3 Å². The molecular weight excluding hydrogens is 409 g/mol. The molecule has 2 aromatic rings. The summed E-state index contributed by atoms with van der Waals surface area (Å²) in [6.07, 6.45) is 1.35. The Kier molecular flexibility index (Phi) is 5.79. The first-order chi connectivity index (χ1) is 12.7. The van der Waals surface area contributed by atoms with E-state index < -0.39 is 10.0 Å². The fraction of sp³-hybridized carbons (Fsp3) is 0.368. The molecule has 146 valence electrons. The summed E-state index contributed by atoms with van der Waals surface area (Å²) in [6, 6.07) is 8.46. The molecule has 0 bridgehead atoms. The minimum absolute atomic E-state index is 0.220. The quantitative estimate of drug-likeness (QED) is 0.601. The Morgan fingerprint density at radius 2 is 1.74 bits per heavy atom. The van der Waals surface area contributed by atoms with E-state index in [1.165, 1.54) is 12.1 Å². The zero-order valence-electron chi connectivity index (χ0n) is 15.3. The van der Waals surface area contributed by atoms with E-state index in [1.807, 2.05) is 12.1 Å². The lowest BCUT2D eigenvalue weighted by molar-refractivity contribution is 0.405. The monoisotopic (exact) mass is 429 g/mol. The second-order valence-corrected chi connectivity index (χ2v) is 9.55. The number of nitrogens with one attached hydrogen (secondary N) is 1. The summed E-state index contributed by atoms with van der Waals surface area (Å²) in [7, 11) is -1.77. The van der Waals surface area contributed by atoms with Gasteiger partial charge in [-0.25, -0.2) is 8.42 Å². The van der Waals surface area contributed by atoms with Crippen LogP contribution in [0.3, 0.4) is 0 Å². The number of halogens is 2. The largest absolute Gasteiger partial charge is 0.496 e. The number of rotatable bonds is 7. The predicted octanol–water partition coefficient (Wildman–Crippen LogP) is 5.82. The van der Waals surface area contributed by atoms with Gasteiger partial charge in [-0.15, -0.1) is 0 Å². The fourth-order valence-corrected chi connectivity index (χ4v) is 4.62. The summed E-state index contributed by atoms with van der Waals surface area (Å²) in [5.41, 5.74) is 1.32. The standard InChI is InChI=1S/C19H21Cl2NO4S/c1-11(2)15-10-13(4-7-18(15)25-3)26-19-16(20)8-12(9-17(19)21)22-27(23,24)14-5-6-14/h4,7-11,14,22H,5-6H2,1-3H3. The van der Waals surface area contributed by atoms with Crippen LogP contribution in [-0.4, -0.2) is 20.8 Å². The molecule has 0 radical (unpaired) electrons. The molecule has 2 aromatic carbocycles. The Morgan fingerprint density at radius 1 is 1.11 bits per heavy atom. The van der Waals surface area contributed by atoms with E-state index in [4.69, 9.17) is 32.7 Å². The van der Waals surface area contributed by atoms with Gasteiger partial charge in [-0.3, -0.25) is 4.72 Å². The molecule has 1 aliphatic carbocycles. The molecule has 1 saturated carbocycles. The lowest BCUT2D eigenvalue weighted by Crippen LogP contribution is -2.17. The van der Waals surface area contributed by atoms with E-state index in [0.29, 0.717) is 24.3 Å². The van der Waals surface area contributed by atoms with Crippen molar-refractivity contribution in [2.75, 3.05) is 11.8 Å². The van der Waals surface area contributed by atoms with Crippen molar-refractivity contribution in [2.45, 2.75) is 37.9 Å². The summed E-state index contributed by atoms with van der Waals surface area (Å²) < 4.78 is 37.9. The number of hydrogen-bond acceptors (Lipinski definition) is 4. The van der Waals surface area contributed by atoms with E-state index in [1.54, 1.807) is 13.2 Å². The zero-order chi connectivity index (χ0) is 19.8. The van der Waals surface area contributed by atoms with Crippen molar-refractivity contribution in [3.05, 3.63) is 45.9 Å². The van der Waals surface area contributed by atoms with Gasteiger partial charge in [0.1, 0.15) is 11.5 Å². The summed E-state index contributed by atoms with van der Waals surface area (Å²) in [5.74, 6) is 1.86. The number of benzene rings is 2. The highest BCUT2D eigenvalue weighted by Gasteiger charge is 2.35. The number of hydrogen-bond donors (Lipinski definition) is 1. The van der Waals surface area contributed by atoms with E-state index in [9.17, 15) is 8.42 Å². The van der Waals surface area contributed by atoms with Crippen LogP contribution in [0.25, 0.3) is 0 Å². The predicted molar refractivity (Wildman–Crippen MR) is 109 cm³/mol. The first kappa shape index (κ1) is 20.1. The number of anilines is 1. The van der Waals surface area contributed by atoms with E-state index in [-0.39, 0.29) is 27.0 Å². The Hall–Kier alpha value is -1.63. The molecule has 27 heavy (non-hydrogen) atoms. The van der Waals surface area contributed by atoms with Crippen molar-refractivity contribution in [3.63, 3.8) is 0 Å².